The first kappa shape index (κ1) is 17.3. The van der Waals surface area contributed by atoms with Crippen molar-refractivity contribution >= 4 is 24.1 Å². The molecule has 0 atom stereocenters. The average molecular weight is 327 g/mol. The van der Waals surface area contributed by atoms with Crippen molar-refractivity contribution in [1.29, 1.82) is 0 Å². The largest absolute Gasteiger partial charge is 0.308 e. The lowest BCUT2D eigenvalue weighted by Gasteiger charge is -2.10. The van der Waals surface area contributed by atoms with Crippen LogP contribution in [0.5, 0.6) is 0 Å². The number of anilines is 1. The first-order chi connectivity index (χ1) is 10.3. The van der Waals surface area contributed by atoms with Gasteiger partial charge < -0.3 is 10.6 Å². The number of carbonyl (C=O) groups excluding carboxylic acids is 1. The summed E-state index contributed by atoms with van der Waals surface area (Å²) in [4.78, 5) is 11.8. The Bertz CT molecular complexity index is 464. The highest BCUT2D eigenvalue weighted by molar-refractivity contribution is 5.91. The van der Waals surface area contributed by atoms with Crippen molar-refractivity contribution in [3.8, 4) is 0 Å². The summed E-state index contributed by atoms with van der Waals surface area (Å²) in [6.45, 7) is 1.34. The number of carbonyl (C=O) groups is 1. The Labute approximate surface area is 138 Å². The molecule has 3 N–H and O–H groups in total. The van der Waals surface area contributed by atoms with E-state index in [0.29, 0.717) is 18.3 Å². The van der Waals surface area contributed by atoms with Gasteiger partial charge in [-0.1, -0.05) is 25.7 Å². The number of H-pyrrole nitrogens is 1. The second-order valence-electron chi connectivity index (χ2n) is 6.52. The molecule has 5 nitrogen and oxygen atoms in total. The van der Waals surface area contributed by atoms with Crippen molar-refractivity contribution in [1.82, 2.24) is 15.5 Å². The maximum Gasteiger partial charge on any atom is 0.239 e. The molecule has 6 heteroatoms. The number of hydrogen-bond acceptors (Lipinski definition) is 3. The highest BCUT2D eigenvalue weighted by Crippen LogP contribution is 2.31. The van der Waals surface area contributed by atoms with E-state index in [1.165, 1.54) is 57.1 Å². The summed E-state index contributed by atoms with van der Waals surface area (Å²) in [5.74, 6) is 2.03. The number of aromatic nitrogens is 2. The van der Waals surface area contributed by atoms with Crippen LogP contribution in [0.3, 0.4) is 0 Å². The van der Waals surface area contributed by atoms with Crippen LogP contribution in [0.2, 0.25) is 0 Å². The number of amides is 1. The van der Waals surface area contributed by atoms with Crippen LogP contribution in [-0.2, 0) is 4.79 Å². The van der Waals surface area contributed by atoms with Crippen LogP contribution in [-0.4, -0.2) is 29.2 Å². The number of rotatable bonds is 6. The standard InChI is InChI=1S/C16H26N4O.ClH/c21-16(11-17-10-12-7-8-12)18-15-9-14(19-20-15)13-5-3-1-2-4-6-13;/h9,12-13,17H,1-8,10-11H2,(H2,18,19,20,21);1H. The van der Waals surface area contributed by atoms with Gasteiger partial charge in [-0.2, -0.15) is 5.10 Å². The fourth-order valence-electron chi connectivity index (χ4n) is 3.10. The SMILES string of the molecule is Cl.O=C(CNCC1CC1)Nc1cc(C2CCCCCC2)[nH]n1. The molecule has 2 fully saturated rings. The number of hydrogen-bond donors (Lipinski definition) is 3. The minimum absolute atomic E-state index is 0. The molecule has 3 rings (SSSR count). The Balaban J connectivity index is 0.00000176. The van der Waals surface area contributed by atoms with E-state index in [1.54, 1.807) is 0 Å². The molecule has 1 heterocycles. The monoisotopic (exact) mass is 326 g/mol. The van der Waals surface area contributed by atoms with Crippen LogP contribution in [0.25, 0.3) is 0 Å². The number of nitrogens with zero attached hydrogens (tertiary/aromatic N) is 1. The molecule has 0 unspecified atom stereocenters. The van der Waals surface area contributed by atoms with Gasteiger partial charge in [0.1, 0.15) is 0 Å². The lowest BCUT2D eigenvalue weighted by atomic mass is 9.97. The minimum Gasteiger partial charge on any atom is -0.308 e. The van der Waals surface area contributed by atoms with Crippen LogP contribution >= 0.6 is 12.4 Å². The predicted octanol–water partition coefficient (Wildman–Crippen LogP) is 3.21. The van der Waals surface area contributed by atoms with E-state index in [4.69, 9.17) is 0 Å². The van der Waals surface area contributed by atoms with Crippen LogP contribution in [0.1, 0.15) is 63.0 Å². The molecule has 22 heavy (non-hydrogen) atoms. The van der Waals surface area contributed by atoms with Gasteiger partial charge in [0.2, 0.25) is 5.91 Å². The first-order valence-corrected chi connectivity index (χ1v) is 8.37. The van der Waals surface area contributed by atoms with Gasteiger partial charge in [-0.3, -0.25) is 9.89 Å². The average Bonchev–Trinajstić information content (AvgIpc) is 3.24. The minimum atomic E-state index is -0.00503. The molecule has 124 valence electrons. The third-order valence-electron chi connectivity index (χ3n) is 4.58. The zero-order valence-electron chi connectivity index (χ0n) is 13.1. The van der Waals surface area contributed by atoms with E-state index in [-0.39, 0.29) is 18.3 Å². The highest BCUT2D eigenvalue weighted by atomic mass is 35.5. The highest BCUT2D eigenvalue weighted by Gasteiger charge is 2.21. The number of halogens is 1. The van der Waals surface area contributed by atoms with Crippen molar-refractivity contribution in [3.63, 3.8) is 0 Å². The molecule has 0 aliphatic heterocycles. The topological polar surface area (TPSA) is 69.8 Å². The molecule has 0 aromatic carbocycles. The Morgan fingerprint density at radius 1 is 1.18 bits per heavy atom. The zero-order valence-corrected chi connectivity index (χ0v) is 13.9. The van der Waals surface area contributed by atoms with Crippen molar-refractivity contribution < 1.29 is 4.79 Å². The predicted molar refractivity (Wildman–Crippen MR) is 90.5 cm³/mol. The van der Waals surface area contributed by atoms with Gasteiger partial charge in [0.15, 0.2) is 5.82 Å². The smallest absolute Gasteiger partial charge is 0.239 e. The van der Waals surface area contributed by atoms with Crippen LogP contribution in [0.4, 0.5) is 5.82 Å². The summed E-state index contributed by atoms with van der Waals surface area (Å²) in [6.07, 6.45) is 10.4. The summed E-state index contributed by atoms with van der Waals surface area (Å²) in [5.41, 5.74) is 1.18. The summed E-state index contributed by atoms with van der Waals surface area (Å²) in [5, 5.41) is 13.4. The Morgan fingerprint density at radius 2 is 1.91 bits per heavy atom. The summed E-state index contributed by atoms with van der Waals surface area (Å²) in [7, 11) is 0. The van der Waals surface area contributed by atoms with E-state index in [2.05, 4.69) is 20.8 Å². The van der Waals surface area contributed by atoms with Crippen LogP contribution in [0, 0.1) is 5.92 Å². The van der Waals surface area contributed by atoms with E-state index in [0.717, 1.165) is 12.5 Å². The van der Waals surface area contributed by atoms with Gasteiger partial charge in [-0.15, -0.1) is 12.4 Å². The van der Waals surface area contributed by atoms with Gasteiger partial charge in [-0.25, -0.2) is 0 Å². The van der Waals surface area contributed by atoms with Gasteiger partial charge in [0, 0.05) is 17.7 Å². The Morgan fingerprint density at radius 3 is 2.59 bits per heavy atom. The molecule has 1 aromatic rings. The number of aromatic amines is 1. The fourth-order valence-corrected chi connectivity index (χ4v) is 3.10. The second kappa shape index (κ2) is 8.53. The molecular weight excluding hydrogens is 300 g/mol. The lowest BCUT2D eigenvalue weighted by molar-refractivity contribution is -0.115. The quantitative estimate of drug-likeness (QED) is 0.703. The van der Waals surface area contributed by atoms with Crippen LogP contribution in [0.15, 0.2) is 6.07 Å². The zero-order chi connectivity index (χ0) is 14.5. The van der Waals surface area contributed by atoms with E-state index in [9.17, 15) is 4.79 Å². The van der Waals surface area contributed by atoms with Crippen LogP contribution < -0.4 is 10.6 Å². The third kappa shape index (κ3) is 5.29. The lowest BCUT2D eigenvalue weighted by Crippen LogP contribution is -2.29. The summed E-state index contributed by atoms with van der Waals surface area (Å²) < 4.78 is 0. The van der Waals surface area contributed by atoms with Gasteiger partial charge in [0.25, 0.3) is 0 Å². The second-order valence-corrected chi connectivity index (χ2v) is 6.52. The molecule has 0 bridgehead atoms. The molecule has 0 radical (unpaired) electrons. The molecule has 2 aliphatic rings. The molecule has 0 saturated heterocycles. The normalized spacial score (nSPS) is 19.3. The molecule has 2 saturated carbocycles. The Kier molecular flexibility index (Phi) is 6.70. The first-order valence-electron chi connectivity index (χ1n) is 8.37. The van der Waals surface area contributed by atoms with E-state index < -0.39 is 0 Å². The van der Waals surface area contributed by atoms with Crippen molar-refractivity contribution in [3.05, 3.63) is 11.8 Å². The maximum absolute atomic E-state index is 11.8. The fraction of sp³-hybridized carbons (Fsp3) is 0.750. The van der Waals surface area contributed by atoms with Gasteiger partial charge in [-0.05, 0) is 38.1 Å². The van der Waals surface area contributed by atoms with Gasteiger partial charge in [0.05, 0.1) is 6.54 Å². The Hall–Kier alpha value is -1.07. The van der Waals surface area contributed by atoms with Gasteiger partial charge >= 0.3 is 0 Å². The molecule has 2 aliphatic carbocycles. The molecular formula is C16H27ClN4O. The molecule has 1 amide bonds. The summed E-state index contributed by atoms with van der Waals surface area (Å²) in [6, 6.07) is 2.01. The van der Waals surface area contributed by atoms with E-state index in [1.807, 2.05) is 6.07 Å². The number of nitrogens with one attached hydrogen (secondary N) is 3. The van der Waals surface area contributed by atoms with Crippen molar-refractivity contribution in [2.24, 2.45) is 5.92 Å². The van der Waals surface area contributed by atoms with Crippen molar-refractivity contribution in [2.45, 2.75) is 57.3 Å². The molecule has 0 spiro atoms. The summed E-state index contributed by atoms with van der Waals surface area (Å²) >= 11 is 0. The van der Waals surface area contributed by atoms with E-state index >= 15 is 0 Å². The maximum atomic E-state index is 11.8. The third-order valence-corrected chi connectivity index (χ3v) is 4.58. The molecule has 1 aromatic heterocycles. The van der Waals surface area contributed by atoms with Crippen molar-refractivity contribution in [2.75, 3.05) is 18.4 Å².